The maximum atomic E-state index is 8.89. The van der Waals surface area contributed by atoms with E-state index < -0.39 is 18.1 Å². The van der Waals surface area contributed by atoms with Gasteiger partial charge in [-0.2, -0.15) is 0 Å². The van der Waals surface area contributed by atoms with Gasteiger partial charge in [-0.25, -0.2) is 0 Å². The summed E-state index contributed by atoms with van der Waals surface area (Å²) in [6, 6.07) is 0. The monoisotopic (exact) mass is 368 g/mol. The summed E-state index contributed by atoms with van der Waals surface area (Å²) in [6.07, 6.45) is 0. The first-order chi connectivity index (χ1) is 4.00. The number of hydrogen-bond donors (Lipinski definition) is 0. The zero-order valence-electron chi connectivity index (χ0n) is 5.53. The minimum absolute atomic E-state index is 0. The van der Waals surface area contributed by atoms with Crippen molar-refractivity contribution in [2.24, 2.45) is 0 Å². The molecule has 0 atom stereocenters. The first-order valence-electron chi connectivity index (χ1n) is 1.33. The molecule has 0 aromatic carbocycles. The fraction of sp³-hybridized carbons (Fsp3) is 0. The Morgan fingerprint density at radius 2 is 0.833 bits per heavy atom. The molecule has 0 aromatic rings. The molecule has 0 amide bonds. The van der Waals surface area contributed by atoms with E-state index >= 15 is 0 Å². The molecule has 0 fully saturated rings. The van der Waals surface area contributed by atoms with Crippen molar-refractivity contribution in [2.75, 3.05) is 0 Å². The van der Waals surface area contributed by atoms with Gasteiger partial charge in [-0.15, -0.1) is 18.1 Å². The Morgan fingerprint density at radius 3 is 0.833 bits per heavy atom. The van der Waals surface area contributed by atoms with Crippen LogP contribution < -0.4 is 29.6 Å². The molecule has 0 rings (SSSR count). The zero-order valence-corrected chi connectivity index (χ0v) is 13.3. The van der Waals surface area contributed by atoms with Gasteiger partial charge in [-0.1, -0.05) is 0 Å². The van der Waals surface area contributed by atoms with Crippen LogP contribution in [0.4, 0.5) is 0 Å². The van der Waals surface area contributed by atoms with Crippen molar-refractivity contribution in [3.8, 4) is 0 Å². The van der Waals surface area contributed by atoms with E-state index in [4.69, 9.17) is 26.6 Å². The van der Waals surface area contributed by atoms with Crippen LogP contribution in [0.5, 0.6) is 0 Å². The second-order valence-corrected chi connectivity index (χ2v) is 4.90. The standard InChI is InChI=1S/Na.2H2O3S2.Sb/c;2*1-5(2,3)4;/h;2*(H2,1,2,3,4);/q+1;;;+3/p-4. The predicted octanol–water partition coefficient (Wildman–Crippen LogP) is -5.39. The Hall–Kier alpha value is 2.40. The SMILES string of the molecule is O=S([O-])([O-])=S.O=S([O-])([O-])=S.[Na+].[Sb+3]. The third-order valence-corrected chi connectivity index (χ3v) is 0. The molecule has 0 bridgehead atoms. The molecule has 12 heavy (non-hydrogen) atoms. The molecule has 0 aliphatic carbocycles. The average Bonchev–Trinajstić information content (AvgIpc) is 1.12. The molecule has 0 aliphatic heterocycles. The molecule has 0 saturated heterocycles. The maximum absolute atomic E-state index is 8.89. The molecule has 0 spiro atoms. The van der Waals surface area contributed by atoms with Gasteiger partial charge in [0.1, 0.15) is 0 Å². The van der Waals surface area contributed by atoms with Gasteiger partial charge in [0.25, 0.3) is 0 Å². The van der Waals surface area contributed by atoms with Gasteiger partial charge in [-0.05, 0) is 22.4 Å². The minimum atomic E-state index is -4.33. The summed E-state index contributed by atoms with van der Waals surface area (Å²) in [5.41, 5.74) is 0. The Morgan fingerprint density at radius 1 is 0.833 bits per heavy atom. The van der Waals surface area contributed by atoms with E-state index in [1.54, 1.807) is 0 Å². The van der Waals surface area contributed by atoms with Gasteiger partial charge in [0.05, 0.1) is 0 Å². The molecule has 2 radical (unpaired) electrons. The van der Waals surface area contributed by atoms with E-state index in [0.717, 1.165) is 0 Å². The minimum Gasteiger partial charge on any atom is -0.780 e. The van der Waals surface area contributed by atoms with Crippen LogP contribution in [0.1, 0.15) is 0 Å². The van der Waals surface area contributed by atoms with Gasteiger partial charge in [-0.3, -0.25) is 8.42 Å². The van der Waals surface area contributed by atoms with Crippen LogP contribution in [0.15, 0.2) is 0 Å². The predicted molar refractivity (Wildman–Crippen MR) is 39.9 cm³/mol. The topological polar surface area (TPSA) is 126 Å². The summed E-state index contributed by atoms with van der Waals surface area (Å²) in [5, 5.41) is 0. The Kier molecular flexibility index (Phi) is 19.8. The summed E-state index contributed by atoms with van der Waals surface area (Å²) in [6.45, 7) is 0. The third kappa shape index (κ3) is 280. The van der Waals surface area contributed by atoms with E-state index in [2.05, 4.69) is 22.4 Å². The molecule has 12 heteroatoms. The van der Waals surface area contributed by atoms with E-state index in [0.29, 0.717) is 0 Å². The average molecular weight is 369 g/mol. The van der Waals surface area contributed by atoms with Gasteiger partial charge >= 0.3 is 54.0 Å². The zero-order chi connectivity index (χ0) is 9.00. The molecule has 0 aliphatic rings. The van der Waals surface area contributed by atoms with Crippen LogP contribution in [-0.4, -0.2) is 51.1 Å². The second kappa shape index (κ2) is 9.93. The molecule has 0 unspecified atom stereocenters. The second-order valence-electron chi connectivity index (χ2n) is 0.816. The van der Waals surface area contributed by atoms with Crippen molar-refractivity contribution in [1.29, 1.82) is 0 Å². The largest absolute Gasteiger partial charge is 3.00 e. The van der Waals surface area contributed by atoms with Crippen LogP contribution in [0.25, 0.3) is 0 Å². The molecule has 66 valence electrons. The summed E-state index contributed by atoms with van der Waals surface area (Å²) in [4.78, 5) is 0. The first kappa shape index (κ1) is 23.9. The van der Waals surface area contributed by atoms with Crippen molar-refractivity contribution in [2.45, 2.75) is 0 Å². The van der Waals surface area contributed by atoms with Gasteiger partial charge < -0.3 is 18.2 Å². The van der Waals surface area contributed by atoms with E-state index in [9.17, 15) is 0 Å². The Labute approximate surface area is 119 Å². The molecular formula is NaO6S4Sb. The Bertz CT molecular complexity index is 216. The van der Waals surface area contributed by atoms with Crippen LogP contribution in [0, 0.1) is 0 Å². The fourth-order valence-electron chi connectivity index (χ4n) is 0. The smallest absolute Gasteiger partial charge is 0.780 e. The van der Waals surface area contributed by atoms with Crippen LogP contribution in [-0.2, 0) is 40.5 Å². The summed E-state index contributed by atoms with van der Waals surface area (Å²) in [7, 11) is -8.67. The molecule has 0 N–H and O–H groups in total. The van der Waals surface area contributed by atoms with E-state index in [1.165, 1.54) is 0 Å². The van der Waals surface area contributed by atoms with Crippen molar-refractivity contribution >= 4 is 64.9 Å². The molecule has 0 saturated carbocycles. The van der Waals surface area contributed by atoms with Gasteiger partial charge in [0.15, 0.2) is 0 Å². The van der Waals surface area contributed by atoms with Crippen molar-refractivity contribution in [3.05, 3.63) is 0 Å². The van der Waals surface area contributed by atoms with E-state index in [-0.39, 0.29) is 54.0 Å². The summed E-state index contributed by atoms with van der Waals surface area (Å²) < 4.78 is 53.3. The van der Waals surface area contributed by atoms with Crippen LogP contribution >= 0.6 is 0 Å². The first-order valence-corrected chi connectivity index (χ1v) is 6.00. The fourth-order valence-corrected chi connectivity index (χ4v) is 0. The third-order valence-electron chi connectivity index (χ3n) is 0. The molecule has 0 aromatic heterocycles. The summed E-state index contributed by atoms with van der Waals surface area (Å²) >= 11 is 6.49. The van der Waals surface area contributed by atoms with Crippen LogP contribution in [0.3, 0.4) is 0 Å². The van der Waals surface area contributed by atoms with Gasteiger partial charge in [0.2, 0.25) is 0 Å². The normalized spacial score (nSPS) is 9.67. The number of hydrogen-bond acceptors (Lipinski definition) is 8. The van der Waals surface area contributed by atoms with Crippen molar-refractivity contribution in [1.82, 2.24) is 0 Å². The number of rotatable bonds is 0. The van der Waals surface area contributed by atoms with E-state index in [1.807, 2.05) is 0 Å². The maximum Gasteiger partial charge on any atom is 3.00 e. The molecule has 6 nitrogen and oxygen atoms in total. The van der Waals surface area contributed by atoms with Crippen LogP contribution in [0.2, 0.25) is 0 Å². The van der Waals surface area contributed by atoms with Crippen molar-refractivity contribution in [3.63, 3.8) is 0 Å². The molecule has 0 heterocycles. The summed E-state index contributed by atoms with van der Waals surface area (Å²) in [5.74, 6) is 0. The Balaban J connectivity index is -0.0000000457. The van der Waals surface area contributed by atoms with Crippen molar-refractivity contribution < 1.29 is 56.2 Å². The van der Waals surface area contributed by atoms with Gasteiger partial charge in [0, 0.05) is 0 Å². The molecular weight excluding hydrogens is 369 g/mol. The quantitative estimate of drug-likeness (QED) is 0.388.